The van der Waals surface area contributed by atoms with Crippen molar-refractivity contribution in [3.05, 3.63) is 97.4 Å². The molecular weight excluding hydrogens is 420 g/mol. The average molecular weight is 441 g/mol. The molecule has 1 aliphatic rings. The van der Waals surface area contributed by atoms with Crippen LogP contribution >= 0.6 is 11.8 Å². The molecule has 0 unspecified atom stereocenters. The van der Waals surface area contributed by atoms with Crippen molar-refractivity contribution in [1.82, 2.24) is 15.0 Å². The lowest BCUT2D eigenvalue weighted by atomic mass is 10.2. The predicted octanol–water partition coefficient (Wildman–Crippen LogP) is 6.15. The third kappa shape index (κ3) is 3.78. The smallest absolute Gasteiger partial charge is 0.329 e. The van der Waals surface area contributed by atoms with Gasteiger partial charge in [0.05, 0.1) is 11.4 Å². The Bertz CT molecular complexity index is 1230. The van der Waals surface area contributed by atoms with Gasteiger partial charge < -0.3 is 9.42 Å². The van der Waals surface area contributed by atoms with Crippen molar-refractivity contribution in [2.24, 2.45) is 0 Å². The van der Waals surface area contributed by atoms with Gasteiger partial charge in [0.2, 0.25) is 11.7 Å². The summed E-state index contributed by atoms with van der Waals surface area (Å²) in [4.78, 5) is 23.8. The fourth-order valence-corrected chi connectivity index (χ4v) is 4.66. The summed E-state index contributed by atoms with van der Waals surface area (Å²) in [6.45, 7) is 4.35. The summed E-state index contributed by atoms with van der Waals surface area (Å²) in [5, 5.41) is 4.08. The first-order valence-corrected chi connectivity index (χ1v) is 11.0. The Morgan fingerprint density at radius 3 is 2.25 bits per heavy atom. The van der Waals surface area contributed by atoms with Crippen LogP contribution in [0.2, 0.25) is 0 Å². The van der Waals surface area contributed by atoms with Gasteiger partial charge in [-0.3, -0.25) is 4.90 Å². The summed E-state index contributed by atoms with van der Waals surface area (Å²) in [6, 6.07) is 25.2. The number of carbonyl (C=O) groups is 1. The van der Waals surface area contributed by atoms with E-state index in [0.29, 0.717) is 18.3 Å². The van der Waals surface area contributed by atoms with E-state index in [4.69, 9.17) is 4.52 Å². The lowest BCUT2D eigenvalue weighted by Gasteiger charge is -2.34. The van der Waals surface area contributed by atoms with Gasteiger partial charge in [-0.1, -0.05) is 77.6 Å². The summed E-state index contributed by atoms with van der Waals surface area (Å²) >= 11 is 1.66. The van der Waals surface area contributed by atoms with Crippen LogP contribution in [-0.4, -0.2) is 27.6 Å². The second-order valence-electron chi connectivity index (χ2n) is 7.20. The predicted molar refractivity (Wildman–Crippen MR) is 125 cm³/mol. The van der Waals surface area contributed by atoms with E-state index >= 15 is 0 Å². The minimum absolute atomic E-state index is 0.176. The number of benzene rings is 3. The number of urea groups is 1. The van der Waals surface area contributed by atoms with Gasteiger partial charge >= 0.3 is 6.03 Å². The number of anilines is 2. The van der Waals surface area contributed by atoms with Crippen molar-refractivity contribution < 1.29 is 9.32 Å². The van der Waals surface area contributed by atoms with E-state index in [1.54, 1.807) is 27.6 Å². The zero-order chi connectivity index (χ0) is 21.9. The standard InChI is InChI=1S/C25H20N4O2S/c1-2-16-28(17-23-26-24(27-31-23)18-10-4-3-5-11-18)25(30)29-19-12-6-8-14-21(19)32-22-15-9-7-13-20(22)29/h2-15H,1,16-17H2. The molecule has 7 heteroatoms. The first-order valence-electron chi connectivity index (χ1n) is 10.2. The SMILES string of the molecule is C=CCN(Cc1nc(-c2ccccc2)no1)C(=O)N1c2ccccc2Sc2ccccc21. The second-order valence-corrected chi connectivity index (χ2v) is 8.29. The van der Waals surface area contributed by atoms with Crippen LogP contribution in [0.15, 0.2) is 106 Å². The molecule has 5 rings (SSSR count). The van der Waals surface area contributed by atoms with Crippen LogP contribution in [0, 0.1) is 0 Å². The van der Waals surface area contributed by atoms with Crippen LogP contribution in [0.4, 0.5) is 16.2 Å². The molecule has 32 heavy (non-hydrogen) atoms. The fourth-order valence-electron chi connectivity index (χ4n) is 3.61. The quantitative estimate of drug-likeness (QED) is 0.349. The monoisotopic (exact) mass is 440 g/mol. The summed E-state index contributed by atoms with van der Waals surface area (Å²) in [5.74, 6) is 0.865. The average Bonchev–Trinajstić information content (AvgIpc) is 3.31. The maximum Gasteiger partial charge on any atom is 0.329 e. The molecule has 0 saturated heterocycles. The van der Waals surface area contributed by atoms with E-state index in [1.807, 2.05) is 78.9 Å². The van der Waals surface area contributed by atoms with Crippen LogP contribution in [0.5, 0.6) is 0 Å². The van der Waals surface area contributed by atoms with Crippen molar-refractivity contribution in [3.8, 4) is 11.4 Å². The molecule has 4 aromatic rings. The Labute approximate surface area is 190 Å². The van der Waals surface area contributed by atoms with E-state index in [0.717, 1.165) is 26.7 Å². The maximum absolute atomic E-state index is 13.8. The molecule has 6 nitrogen and oxygen atoms in total. The van der Waals surface area contributed by atoms with Gasteiger partial charge in [0, 0.05) is 21.9 Å². The molecule has 0 aliphatic carbocycles. The third-order valence-corrected chi connectivity index (χ3v) is 6.20. The van der Waals surface area contributed by atoms with E-state index in [9.17, 15) is 4.79 Å². The van der Waals surface area contributed by atoms with Crippen molar-refractivity contribution >= 4 is 29.2 Å². The largest absolute Gasteiger partial charge is 0.337 e. The Morgan fingerprint density at radius 2 is 1.59 bits per heavy atom. The lowest BCUT2D eigenvalue weighted by molar-refractivity contribution is 0.202. The number of amides is 2. The van der Waals surface area contributed by atoms with Gasteiger partial charge in [-0.2, -0.15) is 4.98 Å². The molecule has 0 atom stereocenters. The molecule has 0 bridgehead atoms. The normalized spacial score (nSPS) is 12.1. The molecule has 2 heterocycles. The Balaban J connectivity index is 1.47. The molecule has 2 amide bonds. The number of rotatable bonds is 5. The first-order chi connectivity index (χ1) is 15.7. The minimum atomic E-state index is -0.176. The van der Waals surface area contributed by atoms with E-state index in [-0.39, 0.29) is 12.6 Å². The summed E-state index contributed by atoms with van der Waals surface area (Å²) in [5.41, 5.74) is 2.57. The molecule has 158 valence electrons. The number of para-hydroxylation sites is 2. The number of aromatic nitrogens is 2. The van der Waals surface area contributed by atoms with Crippen molar-refractivity contribution in [2.75, 3.05) is 11.4 Å². The molecule has 0 spiro atoms. The minimum Gasteiger partial charge on any atom is -0.337 e. The van der Waals surface area contributed by atoms with Gasteiger partial charge in [-0.05, 0) is 24.3 Å². The fraction of sp³-hybridized carbons (Fsp3) is 0.0800. The summed E-state index contributed by atoms with van der Waals surface area (Å²) in [7, 11) is 0. The zero-order valence-corrected chi connectivity index (χ0v) is 18.0. The van der Waals surface area contributed by atoms with E-state index < -0.39 is 0 Å². The molecule has 0 radical (unpaired) electrons. The highest BCUT2D eigenvalue weighted by atomic mass is 32.2. The highest BCUT2D eigenvalue weighted by molar-refractivity contribution is 7.99. The third-order valence-electron chi connectivity index (χ3n) is 5.07. The first kappa shape index (κ1) is 20.1. The van der Waals surface area contributed by atoms with Gasteiger partial charge in [-0.15, -0.1) is 6.58 Å². The van der Waals surface area contributed by atoms with Crippen LogP contribution in [0.3, 0.4) is 0 Å². The molecular formula is C25H20N4O2S. The molecule has 0 N–H and O–H groups in total. The van der Waals surface area contributed by atoms with Crippen molar-refractivity contribution in [3.63, 3.8) is 0 Å². The van der Waals surface area contributed by atoms with Crippen molar-refractivity contribution in [2.45, 2.75) is 16.3 Å². The second kappa shape index (κ2) is 8.72. The van der Waals surface area contributed by atoms with Crippen LogP contribution in [0.1, 0.15) is 5.89 Å². The van der Waals surface area contributed by atoms with Crippen LogP contribution in [0.25, 0.3) is 11.4 Å². The van der Waals surface area contributed by atoms with E-state index in [2.05, 4.69) is 16.7 Å². The number of carbonyl (C=O) groups excluding carboxylic acids is 1. The Morgan fingerprint density at radius 1 is 0.969 bits per heavy atom. The molecule has 3 aromatic carbocycles. The lowest BCUT2D eigenvalue weighted by Crippen LogP contribution is -2.41. The van der Waals surface area contributed by atoms with Gasteiger partial charge in [0.15, 0.2) is 0 Å². The van der Waals surface area contributed by atoms with Gasteiger partial charge in [0.1, 0.15) is 6.54 Å². The Hall–Kier alpha value is -3.84. The van der Waals surface area contributed by atoms with E-state index in [1.165, 1.54) is 0 Å². The summed E-state index contributed by atoms with van der Waals surface area (Å²) in [6.07, 6.45) is 1.70. The number of fused-ring (bicyclic) bond motifs is 2. The molecule has 0 fully saturated rings. The number of hydrogen-bond acceptors (Lipinski definition) is 5. The van der Waals surface area contributed by atoms with Gasteiger partial charge in [-0.25, -0.2) is 4.79 Å². The van der Waals surface area contributed by atoms with Crippen LogP contribution in [-0.2, 0) is 6.54 Å². The van der Waals surface area contributed by atoms with Gasteiger partial charge in [0.25, 0.3) is 0 Å². The molecule has 0 saturated carbocycles. The Kier molecular flexibility index (Phi) is 5.47. The molecule has 1 aromatic heterocycles. The maximum atomic E-state index is 13.8. The number of hydrogen-bond donors (Lipinski definition) is 0. The molecule has 1 aliphatic heterocycles. The zero-order valence-electron chi connectivity index (χ0n) is 17.2. The topological polar surface area (TPSA) is 62.5 Å². The number of nitrogens with zero attached hydrogens (tertiary/aromatic N) is 4. The van der Waals surface area contributed by atoms with Crippen molar-refractivity contribution in [1.29, 1.82) is 0 Å². The van der Waals surface area contributed by atoms with Crippen LogP contribution < -0.4 is 4.90 Å². The highest BCUT2D eigenvalue weighted by Crippen LogP contribution is 2.48. The summed E-state index contributed by atoms with van der Waals surface area (Å²) < 4.78 is 5.46. The highest BCUT2D eigenvalue weighted by Gasteiger charge is 2.31.